The number of rotatable bonds is 4. The number of hydrogen-bond acceptors (Lipinski definition) is 5. The Balaban J connectivity index is 1.71. The Morgan fingerprint density at radius 1 is 1.00 bits per heavy atom. The number of carbonyl (C=O) groups is 1. The minimum absolute atomic E-state index is 0.151. The van der Waals surface area contributed by atoms with Crippen molar-refractivity contribution in [1.82, 2.24) is 9.21 Å². The number of benzene rings is 2. The Hall–Kier alpha value is -2.78. The Bertz CT molecular complexity index is 1030. The number of nitro benzene ring substituents is 1. The molecule has 1 aliphatic heterocycles. The fraction of sp³-hybridized carbons (Fsp3) is 0.316. The largest absolute Gasteiger partial charge is 0.336 e. The van der Waals surface area contributed by atoms with Gasteiger partial charge in [-0.3, -0.25) is 14.9 Å². The number of sulfonamides is 1. The summed E-state index contributed by atoms with van der Waals surface area (Å²) in [5.41, 5.74) is 1.99. The molecule has 1 fully saturated rings. The van der Waals surface area contributed by atoms with Gasteiger partial charge in [0.2, 0.25) is 10.0 Å². The first-order valence-electron chi connectivity index (χ1n) is 8.81. The van der Waals surface area contributed by atoms with Crippen molar-refractivity contribution in [2.75, 3.05) is 26.2 Å². The lowest BCUT2D eigenvalue weighted by atomic mass is 10.1. The van der Waals surface area contributed by atoms with Crippen LogP contribution in [0.1, 0.15) is 21.5 Å². The van der Waals surface area contributed by atoms with E-state index in [1.807, 2.05) is 13.8 Å². The number of nitrogens with zero attached hydrogens (tertiary/aromatic N) is 3. The maximum absolute atomic E-state index is 12.9. The lowest BCUT2D eigenvalue weighted by Gasteiger charge is -2.34. The summed E-state index contributed by atoms with van der Waals surface area (Å²) < 4.78 is 27.1. The summed E-state index contributed by atoms with van der Waals surface area (Å²) in [7, 11) is -3.63. The van der Waals surface area contributed by atoms with Crippen molar-refractivity contribution in [3.05, 3.63) is 69.3 Å². The summed E-state index contributed by atoms with van der Waals surface area (Å²) in [6.07, 6.45) is 0. The van der Waals surface area contributed by atoms with Crippen LogP contribution in [0.3, 0.4) is 0 Å². The second-order valence-corrected chi connectivity index (χ2v) is 8.69. The zero-order valence-electron chi connectivity index (χ0n) is 15.7. The Labute approximate surface area is 163 Å². The first-order valence-corrected chi connectivity index (χ1v) is 10.3. The molecule has 28 heavy (non-hydrogen) atoms. The first-order chi connectivity index (χ1) is 13.2. The molecule has 2 aromatic rings. The zero-order valence-corrected chi connectivity index (χ0v) is 16.5. The summed E-state index contributed by atoms with van der Waals surface area (Å²) in [5, 5.41) is 10.9. The van der Waals surface area contributed by atoms with Gasteiger partial charge < -0.3 is 4.90 Å². The molecule has 8 nitrogen and oxygen atoms in total. The third-order valence-corrected chi connectivity index (χ3v) is 6.84. The first kappa shape index (κ1) is 20.0. The molecule has 2 aromatic carbocycles. The Morgan fingerprint density at radius 3 is 2.29 bits per heavy atom. The standard InChI is InChI=1S/C19H21N3O5S/c1-14-6-7-18(12-15(14)2)28(26,27)21-10-8-20(9-11-21)19(23)16-4-3-5-17(13-16)22(24)25/h3-7,12-13H,8-11H2,1-2H3. The molecule has 0 unspecified atom stereocenters. The van der Waals surface area contributed by atoms with Crippen LogP contribution in [-0.2, 0) is 10.0 Å². The highest BCUT2D eigenvalue weighted by molar-refractivity contribution is 7.89. The molecule has 0 bridgehead atoms. The third kappa shape index (κ3) is 3.90. The summed E-state index contributed by atoms with van der Waals surface area (Å²) in [4.78, 5) is 24.7. The van der Waals surface area contributed by atoms with Gasteiger partial charge in [-0.25, -0.2) is 8.42 Å². The van der Waals surface area contributed by atoms with Gasteiger partial charge in [0.05, 0.1) is 9.82 Å². The molecule has 9 heteroatoms. The molecular weight excluding hydrogens is 382 g/mol. The molecular formula is C19H21N3O5S. The maximum Gasteiger partial charge on any atom is 0.270 e. The molecule has 0 atom stereocenters. The van der Waals surface area contributed by atoms with Crippen LogP contribution in [0.15, 0.2) is 47.4 Å². The molecule has 0 aromatic heterocycles. The van der Waals surface area contributed by atoms with Crippen molar-refractivity contribution >= 4 is 21.6 Å². The number of carbonyl (C=O) groups excluding carboxylic acids is 1. The van der Waals surface area contributed by atoms with E-state index in [0.717, 1.165) is 11.1 Å². The average molecular weight is 403 g/mol. The predicted octanol–water partition coefficient (Wildman–Crippen LogP) is 2.36. The van der Waals surface area contributed by atoms with E-state index in [0.29, 0.717) is 0 Å². The van der Waals surface area contributed by atoms with Crippen LogP contribution in [-0.4, -0.2) is 54.6 Å². The van der Waals surface area contributed by atoms with Gasteiger partial charge in [-0.2, -0.15) is 4.31 Å². The Kier molecular flexibility index (Phi) is 5.48. The van der Waals surface area contributed by atoms with Crippen LogP contribution in [0.5, 0.6) is 0 Å². The van der Waals surface area contributed by atoms with E-state index in [1.54, 1.807) is 18.2 Å². The summed E-state index contributed by atoms with van der Waals surface area (Å²) in [6, 6.07) is 10.6. The normalized spacial score (nSPS) is 15.4. The van der Waals surface area contributed by atoms with Gasteiger partial charge >= 0.3 is 0 Å². The molecule has 0 aliphatic carbocycles. The van der Waals surface area contributed by atoms with Gasteiger partial charge in [0.15, 0.2) is 0 Å². The molecule has 0 N–H and O–H groups in total. The van der Waals surface area contributed by atoms with Gasteiger partial charge in [-0.1, -0.05) is 12.1 Å². The number of non-ortho nitro benzene ring substituents is 1. The summed E-state index contributed by atoms with van der Waals surface area (Å²) in [6.45, 7) is 4.59. The van der Waals surface area contributed by atoms with Crippen molar-refractivity contribution in [3.63, 3.8) is 0 Å². The smallest absolute Gasteiger partial charge is 0.270 e. The molecule has 1 heterocycles. The number of nitro groups is 1. The molecule has 1 saturated heterocycles. The SMILES string of the molecule is Cc1ccc(S(=O)(=O)N2CCN(C(=O)c3cccc([N+](=O)[O-])c3)CC2)cc1C. The zero-order chi connectivity index (χ0) is 20.5. The van der Waals surface area contributed by atoms with E-state index in [4.69, 9.17) is 0 Å². The maximum atomic E-state index is 12.9. The van der Waals surface area contributed by atoms with Crippen LogP contribution in [0.2, 0.25) is 0 Å². The highest BCUT2D eigenvalue weighted by Gasteiger charge is 2.30. The fourth-order valence-corrected chi connectivity index (χ4v) is 4.60. The molecule has 1 aliphatic rings. The number of aryl methyl sites for hydroxylation is 2. The minimum Gasteiger partial charge on any atom is -0.336 e. The monoisotopic (exact) mass is 403 g/mol. The number of hydrogen-bond donors (Lipinski definition) is 0. The van der Waals surface area contributed by atoms with Crippen LogP contribution in [0.25, 0.3) is 0 Å². The molecule has 0 radical (unpaired) electrons. The second-order valence-electron chi connectivity index (χ2n) is 6.75. The van der Waals surface area contributed by atoms with Crippen molar-refractivity contribution in [1.29, 1.82) is 0 Å². The lowest BCUT2D eigenvalue weighted by Crippen LogP contribution is -2.50. The summed E-state index contributed by atoms with van der Waals surface area (Å²) in [5.74, 6) is -0.341. The topological polar surface area (TPSA) is 101 Å². The van der Waals surface area contributed by atoms with Gasteiger partial charge in [-0.15, -0.1) is 0 Å². The molecule has 0 spiro atoms. The predicted molar refractivity (Wildman–Crippen MR) is 104 cm³/mol. The van der Waals surface area contributed by atoms with Crippen molar-refractivity contribution in [2.24, 2.45) is 0 Å². The van der Waals surface area contributed by atoms with E-state index < -0.39 is 14.9 Å². The number of piperazine rings is 1. The molecule has 0 saturated carbocycles. The van der Waals surface area contributed by atoms with Gasteiger partial charge in [0.25, 0.3) is 11.6 Å². The van der Waals surface area contributed by atoms with Crippen LogP contribution < -0.4 is 0 Å². The van der Waals surface area contributed by atoms with E-state index in [-0.39, 0.29) is 48.2 Å². The second kappa shape index (κ2) is 7.69. The van der Waals surface area contributed by atoms with Crippen LogP contribution in [0.4, 0.5) is 5.69 Å². The van der Waals surface area contributed by atoms with Gasteiger partial charge in [0, 0.05) is 43.9 Å². The van der Waals surface area contributed by atoms with E-state index >= 15 is 0 Å². The highest BCUT2D eigenvalue weighted by atomic mass is 32.2. The van der Waals surface area contributed by atoms with Crippen LogP contribution >= 0.6 is 0 Å². The van der Waals surface area contributed by atoms with Gasteiger partial charge in [-0.05, 0) is 43.2 Å². The Morgan fingerprint density at radius 2 is 1.68 bits per heavy atom. The van der Waals surface area contributed by atoms with E-state index in [1.165, 1.54) is 33.5 Å². The highest BCUT2D eigenvalue weighted by Crippen LogP contribution is 2.21. The lowest BCUT2D eigenvalue weighted by molar-refractivity contribution is -0.384. The quantitative estimate of drug-likeness (QED) is 0.576. The molecule has 1 amide bonds. The average Bonchev–Trinajstić information content (AvgIpc) is 2.69. The third-order valence-electron chi connectivity index (χ3n) is 4.95. The summed E-state index contributed by atoms with van der Waals surface area (Å²) >= 11 is 0. The van der Waals surface area contributed by atoms with E-state index in [2.05, 4.69) is 0 Å². The number of amides is 1. The molecule has 3 rings (SSSR count). The van der Waals surface area contributed by atoms with Crippen molar-refractivity contribution in [2.45, 2.75) is 18.7 Å². The fourth-order valence-electron chi connectivity index (χ4n) is 3.09. The van der Waals surface area contributed by atoms with E-state index in [9.17, 15) is 23.3 Å². The van der Waals surface area contributed by atoms with Crippen molar-refractivity contribution in [3.8, 4) is 0 Å². The molecule has 148 valence electrons. The minimum atomic E-state index is -3.63. The van der Waals surface area contributed by atoms with Crippen molar-refractivity contribution < 1.29 is 18.1 Å². The van der Waals surface area contributed by atoms with Crippen LogP contribution in [0, 0.1) is 24.0 Å². The van der Waals surface area contributed by atoms with Gasteiger partial charge in [0.1, 0.15) is 0 Å².